The molecule has 1 rings (SSSR count). The number of hydrogen-bond acceptors (Lipinski definition) is 2. The van der Waals surface area contributed by atoms with Crippen LogP contribution in [0.2, 0.25) is 0 Å². The van der Waals surface area contributed by atoms with Crippen LogP contribution in [0.1, 0.15) is 31.9 Å². The topological polar surface area (TPSA) is 29.1 Å². The van der Waals surface area contributed by atoms with Crippen molar-refractivity contribution in [2.75, 3.05) is 5.32 Å². The molecule has 1 N–H and O–H groups in total. The zero-order valence-corrected chi connectivity index (χ0v) is 11.3. The molecule has 92 valence electrons. The van der Waals surface area contributed by atoms with Crippen molar-refractivity contribution in [3.05, 3.63) is 41.6 Å². The maximum absolute atomic E-state index is 11.7. The van der Waals surface area contributed by atoms with E-state index in [1.807, 2.05) is 27.7 Å². The van der Waals surface area contributed by atoms with Crippen LogP contribution in [0, 0.1) is 19.3 Å². The summed E-state index contributed by atoms with van der Waals surface area (Å²) in [4.78, 5) is 11.7. The lowest BCUT2D eigenvalue weighted by molar-refractivity contribution is -0.121. The molecule has 0 amide bonds. The summed E-state index contributed by atoms with van der Waals surface area (Å²) in [7, 11) is 0. The average Bonchev–Trinajstić information content (AvgIpc) is 2.21. The SMILES string of the molecule is Cc1ccc(C)c(NC=CC(=O)C(C)(C)C)c1. The zero-order valence-electron chi connectivity index (χ0n) is 11.3. The van der Waals surface area contributed by atoms with E-state index in [0.29, 0.717) is 0 Å². The molecule has 0 heterocycles. The molecule has 0 saturated heterocycles. The van der Waals surface area contributed by atoms with E-state index in [0.717, 1.165) is 5.69 Å². The molecule has 0 aromatic heterocycles. The zero-order chi connectivity index (χ0) is 13.1. The monoisotopic (exact) mass is 231 g/mol. The van der Waals surface area contributed by atoms with Crippen LogP contribution >= 0.6 is 0 Å². The maximum atomic E-state index is 11.7. The molecule has 2 nitrogen and oxygen atoms in total. The van der Waals surface area contributed by atoms with Gasteiger partial charge in [-0.15, -0.1) is 0 Å². The number of aryl methyl sites for hydroxylation is 2. The minimum atomic E-state index is -0.320. The van der Waals surface area contributed by atoms with Crippen LogP contribution < -0.4 is 5.32 Å². The number of ketones is 1. The predicted octanol–water partition coefficient (Wildman–Crippen LogP) is 3.84. The van der Waals surface area contributed by atoms with E-state index in [1.165, 1.54) is 11.1 Å². The summed E-state index contributed by atoms with van der Waals surface area (Å²) in [6.07, 6.45) is 3.32. The number of hydrogen-bond donors (Lipinski definition) is 1. The maximum Gasteiger partial charge on any atom is 0.162 e. The molecule has 0 bridgehead atoms. The van der Waals surface area contributed by atoms with Gasteiger partial charge in [0.1, 0.15) is 0 Å². The summed E-state index contributed by atoms with van der Waals surface area (Å²) in [6.45, 7) is 9.84. The highest BCUT2D eigenvalue weighted by molar-refractivity contribution is 5.94. The van der Waals surface area contributed by atoms with Gasteiger partial charge in [-0.2, -0.15) is 0 Å². The number of carbonyl (C=O) groups excluding carboxylic acids is 1. The normalized spacial score (nSPS) is 11.8. The van der Waals surface area contributed by atoms with Crippen LogP contribution in [0.25, 0.3) is 0 Å². The Morgan fingerprint density at radius 2 is 1.88 bits per heavy atom. The second-order valence-corrected chi connectivity index (χ2v) is 5.41. The Morgan fingerprint density at radius 3 is 2.47 bits per heavy atom. The second kappa shape index (κ2) is 5.17. The minimum absolute atomic E-state index is 0.121. The third kappa shape index (κ3) is 4.06. The largest absolute Gasteiger partial charge is 0.361 e. The number of carbonyl (C=O) groups is 1. The Morgan fingerprint density at radius 1 is 1.24 bits per heavy atom. The lowest BCUT2D eigenvalue weighted by Gasteiger charge is -2.13. The smallest absolute Gasteiger partial charge is 0.162 e. The van der Waals surface area contributed by atoms with E-state index < -0.39 is 0 Å². The Labute approximate surface area is 104 Å². The Balaban J connectivity index is 2.71. The van der Waals surface area contributed by atoms with Crippen LogP contribution in [-0.2, 0) is 4.79 Å². The van der Waals surface area contributed by atoms with E-state index in [9.17, 15) is 4.79 Å². The number of allylic oxidation sites excluding steroid dienone is 1. The van der Waals surface area contributed by atoms with E-state index in [4.69, 9.17) is 0 Å². The first-order valence-corrected chi connectivity index (χ1v) is 5.85. The van der Waals surface area contributed by atoms with E-state index in [1.54, 1.807) is 12.3 Å². The third-order valence-corrected chi connectivity index (χ3v) is 2.61. The molecular formula is C15H21NO. The van der Waals surface area contributed by atoms with Crippen LogP contribution in [0.15, 0.2) is 30.5 Å². The van der Waals surface area contributed by atoms with E-state index in [-0.39, 0.29) is 11.2 Å². The fraction of sp³-hybridized carbons (Fsp3) is 0.400. The molecule has 1 aromatic carbocycles. The van der Waals surface area contributed by atoms with Gasteiger partial charge in [-0.1, -0.05) is 32.9 Å². The van der Waals surface area contributed by atoms with Crippen LogP contribution in [0.4, 0.5) is 5.69 Å². The molecule has 0 radical (unpaired) electrons. The molecule has 0 atom stereocenters. The first-order valence-electron chi connectivity index (χ1n) is 5.85. The van der Waals surface area contributed by atoms with Crippen molar-refractivity contribution < 1.29 is 4.79 Å². The van der Waals surface area contributed by atoms with Gasteiger partial charge in [0.2, 0.25) is 0 Å². The highest BCUT2D eigenvalue weighted by Gasteiger charge is 2.17. The van der Waals surface area contributed by atoms with Crippen molar-refractivity contribution in [3.63, 3.8) is 0 Å². The molecule has 17 heavy (non-hydrogen) atoms. The van der Waals surface area contributed by atoms with E-state index >= 15 is 0 Å². The lowest BCUT2D eigenvalue weighted by Crippen LogP contribution is -2.17. The second-order valence-electron chi connectivity index (χ2n) is 5.41. The standard InChI is InChI=1S/C15H21NO/c1-11-6-7-12(2)13(10-11)16-9-8-14(17)15(3,4)5/h6-10,16H,1-5H3. The van der Waals surface area contributed by atoms with E-state index in [2.05, 4.69) is 30.4 Å². The fourth-order valence-corrected chi connectivity index (χ4v) is 1.35. The van der Waals surface area contributed by atoms with Gasteiger partial charge in [0, 0.05) is 17.3 Å². The van der Waals surface area contributed by atoms with Gasteiger partial charge in [-0.05, 0) is 37.1 Å². The minimum Gasteiger partial charge on any atom is -0.361 e. The van der Waals surface area contributed by atoms with Gasteiger partial charge in [-0.25, -0.2) is 0 Å². The van der Waals surface area contributed by atoms with Crippen LogP contribution in [0.3, 0.4) is 0 Å². The first-order chi connectivity index (χ1) is 7.80. The third-order valence-electron chi connectivity index (χ3n) is 2.61. The highest BCUT2D eigenvalue weighted by Crippen LogP contribution is 2.17. The number of anilines is 1. The van der Waals surface area contributed by atoms with Crippen molar-refractivity contribution in [1.82, 2.24) is 0 Å². The Kier molecular flexibility index (Phi) is 4.11. The van der Waals surface area contributed by atoms with Crippen molar-refractivity contribution in [1.29, 1.82) is 0 Å². The van der Waals surface area contributed by atoms with Gasteiger partial charge < -0.3 is 5.32 Å². The highest BCUT2D eigenvalue weighted by atomic mass is 16.1. The fourth-order valence-electron chi connectivity index (χ4n) is 1.35. The van der Waals surface area contributed by atoms with Gasteiger partial charge in [0.05, 0.1) is 0 Å². The first kappa shape index (κ1) is 13.5. The average molecular weight is 231 g/mol. The molecule has 0 fully saturated rings. The summed E-state index contributed by atoms with van der Waals surface area (Å²) in [5.41, 5.74) is 3.10. The molecule has 0 saturated carbocycles. The molecule has 0 aliphatic carbocycles. The lowest BCUT2D eigenvalue weighted by atomic mass is 9.91. The quantitative estimate of drug-likeness (QED) is 0.801. The molecule has 0 aliphatic rings. The van der Waals surface area contributed by atoms with Crippen molar-refractivity contribution in [3.8, 4) is 0 Å². The van der Waals surface area contributed by atoms with Gasteiger partial charge >= 0.3 is 0 Å². The summed E-state index contributed by atoms with van der Waals surface area (Å²) in [5.74, 6) is 0.121. The summed E-state index contributed by atoms with van der Waals surface area (Å²) < 4.78 is 0. The number of rotatable bonds is 3. The summed E-state index contributed by atoms with van der Waals surface area (Å²) >= 11 is 0. The van der Waals surface area contributed by atoms with Gasteiger partial charge in [0.15, 0.2) is 5.78 Å². The van der Waals surface area contributed by atoms with Crippen LogP contribution in [-0.4, -0.2) is 5.78 Å². The molecule has 0 unspecified atom stereocenters. The summed E-state index contributed by atoms with van der Waals surface area (Å²) in [6, 6.07) is 6.21. The van der Waals surface area contributed by atoms with Crippen molar-refractivity contribution in [2.24, 2.45) is 5.41 Å². The molecule has 2 heteroatoms. The number of benzene rings is 1. The van der Waals surface area contributed by atoms with Gasteiger partial charge in [-0.3, -0.25) is 4.79 Å². The van der Waals surface area contributed by atoms with Gasteiger partial charge in [0.25, 0.3) is 0 Å². The molecule has 0 spiro atoms. The predicted molar refractivity (Wildman–Crippen MR) is 73.1 cm³/mol. The summed E-state index contributed by atoms with van der Waals surface area (Å²) in [5, 5.41) is 3.16. The molecule has 1 aromatic rings. The van der Waals surface area contributed by atoms with Crippen molar-refractivity contribution >= 4 is 11.5 Å². The van der Waals surface area contributed by atoms with Crippen molar-refractivity contribution in [2.45, 2.75) is 34.6 Å². The Hall–Kier alpha value is -1.57. The Bertz CT molecular complexity index is 439. The molecule has 0 aliphatic heterocycles. The van der Waals surface area contributed by atoms with Crippen LogP contribution in [0.5, 0.6) is 0 Å². The number of nitrogens with one attached hydrogen (secondary N) is 1. The molecular weight excluding hydrogens is 210 g/mol.